The first-order valence-corrected chi connectivity index (χ1v) is 10.4. The van der Waals surface area contributed by atoms with E-state index in [0.29, 0.717) is 16.6 Å². The molecule has 0 saturated carbocycles. The third kappa shape index (κ3) is 5.61. The van der Waals surface area contributed by atoms with Crippen LogP contribution in [-0.2, 0) is 15.3 Å². The summed E-state index contributed by atoms with van der Waals surface area (Å²) < 4.78 is 7.33. The number of ether oxygens (including phenoxy) is 1. The Hall–Kier alpha value is -2.79. The molecule has 29 heavy (non-hydrogen) atoms. The Morgan fingerprint density at radius 3 is 2.62 bits per heavy atom. The Labute approximate surface area is 179 Å². The monoisotopic (exact) mass is 476 g/mol. The molecule has 150 valence electrons. The van der Waals surface area contributed by atoms with Gasteiger partial charge in [-0.1, -0.05) is 32.9 Å². The van der Waals surface area contributed by atoms with Crippen LogP contribution in [0.5, 0.6) is 0 Å². The lowest BCUT2D eigenvalue weighted by Crippen LogP contribution is -2.31. The second kappa shape index (κ2) is 10.1. The first-order valence-electron chi connectivity index (χ1n) is 8.62. The van der Waals surface area contributed by atoms with Crippen molar-refractivity contribution in [2.75, 3.05) is 13.2 Å². The summed E-state index contributed by atoms with van der Waals surface area (Å²) in [6.45, 7) is 1.70. The maximum atomic E-state index is 12.6. The van der Waals surface area contributed by atoms with E-state index in [1.54, 1.807) is 30.1 Å². The van der Waals surface area contributed by atoms with Crippen LogP contribution in [0.15, 0.2) is 52.4 Å². The van der Waals surface area contributed by atoms with Gasteiger partial charge in [0.15, 0.2) is 10.9 Å². The standard InChI is InChI=1S/C18H17BrN6O3S/c1-2-28-15(26)10-22-17(27)16-14(11-29-18-20-8-3-9-21-18)25(24-23-16)13-6-4-12(19)5-7-13/h3-9H,2,10-11H2,1H3,(H,22,27). The van der Waals surface area contributed by atoms with Crippen LogP contribution in [0.2, 0.25) is 0 Å². The molecule has 2 aromatic heterocycles. The zero-order valence-electron chi connectivity index (χ0n) is 15.4. The van der Waals surface area contributed by atoms with Crippen molar-refractivity contribution in [3.05, 3.63) is 58.6 Å². The summed E-state index contributed by atoms with van der Waals surface area (Å²) in [7, 11) is 0. The molecule has 0 bridgehead atoms. The minimum atomic E-state index is -0.519. The highest BCUT2D eigenvalue weighted by Gasteiger charge is 2.22. The minimum Gasteiger partial charge on any atom is -0.465 e. The summed E-state index contributed by atoms with van der Waals surface area (Å²) >= 11 is 4.75. The Balaban J connectivity index is 1.85. The van der Waals surface area contributed by atoms with Crippen molar-refractivity contribution in [3.63, 3.8) is 0 Å². The van der Waals surface area contributed by atoms with Crippen molar-refractivity contribution in [1.29, 1.82) is 0 Å². The summed E-state index contributed by atoms with van der Waals surface area (Å²) in [5.41, 5.74) is 1.43. The van der Waals surface area contributed by atoms with E-state index in [4.69, 9.17) is 4.74 Å². The van der Waals surface area contributed by atoms with E-state index in [9.17, 15) is 9.59 Å². The molecule has 0 spiro atoms. The fourth-order valence-electron chi connectivity index (χ4n) is 2.34. The number of hydrogen-bond acceptors (Lipinski definition) is 8. The Morgan fingerprint density at radius 1 is 1.21 bits per heavy atom. The molecule has 1 N–H and O–H groups in total. The predicted molar refractivity (Wildman–Crippen MR) is 110 cm³/mol. The van der Waals surface area contributed by atoms with Crippen LogP contribution in [-0.4, -0.2) is 50.0 Å². The van der Waals surface area contributed by atoms with E-state index in [2.05, 4.69) is 41.5 Å². The minimum absolute atomic E-state index is 0.126. The van der Waals surface area contributed by atoms with Gasteiger partial charge in [0.1, 0.15) is 6.54 Å². The molecule has 0 radical (unpaired) electrons. The molecule has 0 unspecified atom stereocenters. The average Bonchev–Trinajstić information content (AvgIpc) is 3.16. The number of carbonyl (C=O) groups is 2. The van der Waals surface area contributed by atoms with Crippen molar-refractivity contribution in [3.8, 4) is 5.69 Å². The van der Waals surface area contributed by atoms with Crippen LogP contribution in [0, 0.1) is 0 Å². The molecule has 11 heteroatoms. The highest BCUT2D eigenvalue weighted by Crippen LogP contribution is 2.23. The molecule has 3 rings (SSSR count). The molecule has 0 aliphatic heterocycles. The van der Waals surface area contributed by atoms with Crippen LogP contribution in [0.4, 0.5) is 0 Å². The maximum Gasteiger partial charge on any atom is 0.325 e. The van der Waals surface area contributed by atoms with Gasteiger partial charge in [-0.15, -0.1) is 5.10 Å². The van der Waals surface area contributed by atoms with Gasteiger partial charge >= 0.3 is 5.97 Å². The molecule has 2 heterocycles. The lowest BCUT2D eigenvalue weighted by Gasteiger charge is -2.08. The van der Waals surface area contributed by atoms with Crippen LogP contribution in [0.1, 0.15) is 23.1 Å². The second-order valence-electron chi connectivity index (χ2n) is 5.58. The largest absolute Gasteiger partial charge is 0.465 e. The Bertz CT molecular complexity index is 981. The first kappa shape index (κ1) is 20.9. The van der Waals surface area contributed by atoms with E-state index in [-0.39, 0.29) is 18.8 Å². The van der Waals surface area contributed by atoms with E-state index in [0.717, 1.165) is 10.2 Å². The van der Waals surface area contributed by atoms with Crippen LogP contribution < -0.4 is 5.32 Å². The summed E-state index contributed by atoms with van der Waals surface area (Å²) in [6, 6.07) is 9.17. The molecule has 9 nitrogen and oxygen atoms in total. The zero-order valence-corrected chi connectivity index (χ0v) is 17.8. The number of hydrogen-bond donors (Lipinski definition) is 1. The van der Waals surface area contributed by atoms with E-state index in [1.165, 1.54) is 11.8 Å². The maximum absolute atomic E-state index is 12.6. The van der Waals surface area contributed by atoms with Gasteiger partial charge in [-0.25, -0.2) is 14.6 Å². The number of thioether (sulfide) groups is 1. The predicted octanol–water partition coefficient (Wildman–Crippen LogP) is 2.41. The van der Waals surface area contributed by atoms with Crippen molar-refractivity contribution < 1.29 is 14.3 Å². The normalized spacial score (nSPS) is 10.6. The van der Waals surface area contributed by atoms with E-state index in [1.807, 2.05) is 24.3 Å². The summed E-state index contributed by atoms with van der Waals surface area (Å²) in [4.78, 5) is 32.5. The van der Waals surface area contributed by atoms with Gasteiger partial charge in [-0.3, -0.25) is 9.59 Å². The topological polar surface area (TPSA) is 112 Å². The summed E-state index contributed by atoms with van der Waals surface area (Å²) in [5.74, 6) is -0.671. The van der Waals surface area contributed by atoms with Crippen LogP contribution in [0.25, 0.3) is 5.69 Å². The fourth-order valence-corrected chi connectivity index (χ4v) is 3.40. The van der Waals surface area contributed by atoms with Crippen LogP contribution >= 0.6 is 27.7 Å². The molecule has 0 aliphatic carbocycles. The molecule has 1 aromatic carbocycles. The van der Waals surface area contributed by atoms with Gasteiger partial charge in [0.25, 0.3) is 5.91 Å². The molecular formula is C18H17BrN6O3S. The van der Waals surface area contributed by atoms with Crippen molar-refractivity contribution >= 4 is 39.6 Å². The second-order valence-corrected chi connectivity index (χ2v) is 7.44. The van der Waals surface area contributed by atoms with Gasteiger partial charge in [0, 0.05) is 22.6 Å². The van der Waals surface area contributed by atoms with Gasteiger partial charge in [-0.2, -0.15) is 0 Å². The van der Waals surface area contributed by atoms with E-state index >= 15 is 0 Å². The third-order valence-electron chi connectivity index (χ3n) is 3.63. The number of esters is 1. The number of rotatable bonds is 8. The van der Waals surface area contributed by atoms with Gasteiger partial charge in [-0.05, 0) is 37.3 Å². The number of aromatic nitrogens is 5. The summed E-state index contributed by atoms with van der Waals surface area (Å²) in [6.07, 6.45) is 3.29. The molecule has 0 aliphatic rings. The van der Waals surface area contributed by atoms with Gasteiger partial charge in [0.05, 0.1) is 18.0 Å². The third-order valence-corrected chi connectivity index (χ3v) is 5.04. The number of benzene rings is 1. The molecular weight excluding hydrogens is 460 g/mol. The van der Waals surface area contributed by atoms with Crippen molar-refractivity contribution in [2.24, 2.45) is 0 Å². The fraction of sp³-hybridized carbons (Fsp3) is 0.222. The Morgan fingerprint density at radius 2 is 1.93 bits per heavy atom. The van der Waals surface area contributed by atoms with Crippen molar-refractivity contribution in [2.45, 2.75) is 17.8 Å². The lowest BCUT2D eigenvalue weighted by molar-refractivity contribution is -0.141. The molecule has 3 aromatic rings. The average molecular weight is 477 g/mol. The number of amides is 1. The highest BCUT2D eigenvalue weighted by atomic mass is 79.9. The van der Waals surface area contributed by atoms with Gasteiger partial charge < -0.3 is 10.1 Å². The Kier molecular flexibility index (Phi) is 7.30. The quantitative estimate of drug-likeness (QED) is 0.299. The lowest BCUT2D eigenvalue weighted by atomic mass is 10.3. The number of nitrogens with one attached hydrogen (secondary N) is 1. The molecule has 0 saturated heterocycles. The first-order chi connectivity index (χ1) is 14.1. The number of carbonyl (C=O) groups excluding carboxylic acids is 2. The zero-order chi connectivity index (χ0) is 20.6. The molecule has 0 fully saturated rings. The highest BCUT2D eigenvalue weighted by molar-refractivity contribution is 9.10. The number of halogens is 1. The number of nitrogens with zero attached hydrogens (tertiary/aromatic N) is 5. The van der Waals surface area contributed by atoms with E-state index < -0.39 is 11.9 Å². The van der Waals surface area contributed by atoms with Crippen LogP contribution in [0.3, 0.4) is 0 Å². The smallest absolute Gasteiger partial charge is 0.325 e. The summed E-state index contributed by atoms with van der Waals surface area (Å²) in [5, 5.41) is 11.2. The SMILES string of the molecule is CCOC(=O)CNC(=O)c1nnn(-c2ccc(Br)cc2)c1CSc1ncccn1. The molecule has 0 atom stereocenters. The molecule has 1 amide bonds. The van der Waals surface area contributed by atoms with Gasteiger partial charge in [0.2, 0.25) is 0 Å². The van der Waals surface area contributed by atoms with Crippen molar-refractivity contribution in [1.82, 2.24) is 30.3 Å².